The minimum Gasteiger partial charge on any atom is -0.390 e. The average Bonchev–Trinajstić information content (AvgIpc) is 2.91. The van der Waals surface area contributed by atoms with Crippen LogP contribution in [0.15, 0.2) is 42.5 Å². The molecule has 1 aliphatic carbocycles. The summed E-state index contributed by atoms with van der Waals surface area (Å²) in [5.41, 5.74) is 3.20. The molecule has 0 aromatic heterocycles. The lowest BCUT2D eigenvalue weighted by Gasteiger charge is -2.18. The van der Waals surface area contributed by atoms with E-state index in [0.717, 1.165) is 16.7 Å². The van der Waals surface area contributed by atoms with Crippen molar-refractivity contribution in [2.75, 3.05) is 7.11 Å². The van der Waals surface area contributed by atoms with E-state index in [0.29, 0.717) is 12.0 Å². The highest BCUT2D eigenvalue weighted by Gasteiger charge is 2.31. The number of urea groups is 1. The van der Waals surface area contributed by atoms with Crippen LogP contribution < -0.4 is 10.6 Å². The Morgan fingerprint density at radius 2 is 2.12 bits per heavy atom. The first-order chi connectivity index (χ1) is 12.1. The van der Waals surface area contributed by atoms with Crippen molar-refractivity contribution in [3.63, 3.8) is 0 Å². The number of halogens is 1. The van der Waals surface area contributed by atoms with Gasteiger partial charge in [-0.1, -0.05) is 30.3 Å². The smallest absolute Gasteiger partial charge is 0.315 e. The van der Waals surface area contributed by atoms with Gasteiger partial charge in [0, 0.05) is 25.6 Å². The van der Waals surface area contributed by atoms with E-state index in [2.05, 4.69) is 10.6 Å². The number of fused-ring (bicyclic) bond motifs is 1. The SMILES string of the molecule is COCc1cc(CNC(=O)N[C@@H]2c3ccccc3C[C@@H]2O)ccc1F. The molecule has 2 atom stereocenters. The van der Waals surface area contributed by atoms with Crippen molar-refractivity contribution < 1.29 is 19.0 Å². The van der Waals surface area contributed by atoms with Gasteiger partial charge in [0.2, 0.25) is 0 Å². The van der Waals surface area contributed by atoms with Gasteiger partial charge in [-0.15, -0.1) is 0 Å². The van der Waals surface area contributed by atoms with Crippen molar-refractivity contribution in [3.05, 3.63) is 70.5 Å². The monoisotopic (exact) mass is 344 g/mol. The number of carbonyl (C=O) groups is 1. The molecular formula is C19H21FN2O3. The van der Waals surface area contributed by atoms with Crippen LogP contribution in [0, 0.1) is 5.82 Å². The lowest BCUT2D eigenvalue weighted by molar-refractivity contribution is 0.142. The van der Waals surface area contributed by atoms with Crippen LogP contribution >= 0.6 is 0 Å². The van der Waals surface area contributed by atoms with Gasteiger partial charge in [0.15, 0.2) is 0 Å². The van der Waals surface area contributed by atoms with Crippen LogP contribution in [0.5, 0.6) is 0 Å². The van der Waals surface area contributed by atoms with Crippen LogP contribution in [-0.4, -0.2) is 24.4 Å². The molecule has 0 spiro atoms. The fourth-order valence-corrected chi connectivity index (χ4v) is 3.13. The molecular weight excluding hydrogens is 323 g/mol. The Labute approximate surface area is 145 Å². The van der Waals surface area contributed by atoms with E-state index >= 15 is 0 Å². The molecule has 0 radical (unpaired) electrons. The largest absolute Gasteiger partial charge is 0.390 e. The number of amides is 2. The number of hydrogen-bond donors (Lipinski definition) is 3. The number of benzene rings is 2. The maximum Gasteiger partial charge on any atom is 0.315 e. The lowest BCUT2D eigenvalue weighted by atomic mass is 10.1. The Hall–Kier alpha value is -2.44. The van der Waals surface area contributed by atoms with Crippen LogP contribution in [0.3, 0.4) is 0 Å². The second-order valence-electron chi connectivity index (χ2n) is 6.13. The van der Waals surface area contributed by atoms with E-state index in [1.807, 2.05) is 24.3 Å². The summed E-state index contributed by atoms with van der Waals surface area (Å²) in [7, 11) is 1.50. The third-order valence-electron chi connectivity index (χ3n) is 4.35. The minimum absolute atomic E-state index is 0.178. The summed E-state index contributed by atoms with van der Waals surface area (Å²) in [6, 6.07) is 11.5. The quantitative estimate of drug-likeness (QED) is 0.780. The van der Waals surface area contributed by atoms with Crippen LogP contribution in [0.2, 0.25) is 0 Å². The number of hydrogen-bond acceptors (Lipinski definition) is 3. The number of rotatable bonds is 5. The first kappa shape index (κ1) is 17.4. The van der Waals surface area contributed by atoms with E-state index in [-0.39, 0.29) is 25.0 Å². The van der Waals surface area contributed by atoms with Crippen molar-refractivity contribution in [2.24, 2.45) is 0 Å². The molecule has 0 aliphatic heterocycles. The van der Waals surface area contributed by atoms with Gasteiger partial charge < -0.3 is 20.5 Å². The highest BCUT2D eigenvalue weighted by Crippen LogP contribution is 2.31. The summed E-state index contributed by atoms with van der Waals surface area (Å²) in [6.45, 7) is 0.435. The summed E-state index contributed by atoms with van der Waals surface area (Å²) in [5.74, 6) is -0.333. The number of aliphatic hydroxyl groups excluding tert-OH is 1. The Morgan fingerprint density at radius 3 is 2.92 bits per heavy atom. The lowest BCUT2D eigenvalue weighted by Crippen LogP contribution is -2.40. The molecule has 3 N–H and O–H groups in total. The first-order valence-electron chi connectivity index (χ1n) is 8.15. The van der Waals surface area contributed by atoms with Gasteiger partial charge in [-0.25, -0.2) is 9.18 Å². The summed E-state index contributed by atoms with van der Waals surface area (Å²) in [6.07, 6.45) is -0.110. The molecule has 1 aliphatic rings. The topological polar surface area (TPSA) is 70.6 Å². The molecule has 0 saturated heterocycles. The molecule has 3 rings (SSSR count). The maximum atomic E-state index is 13.6. The third kappa shape index (κ3) is 3.97. The number of aliphatic hydroxyl groups is 1. The van der Waals surface area contributed by atoms with Gasteiger partial charge in [0.05, 0.1) is 18.8 Å². The zero-order chi connectivity index (χ0) is 17.8. The van der Waals surface area contributed by atoms with Gasteiger partial charge in [-0.3, -0.25) is 0 Å². The second kappa shape index (κ2) is 7.63. The van der Waals surface area contributed by atoms with E-state index in [9.17, 15) is 14.3 Å². The van der Waals surface area contributed by atoms with Gasteiger partial charge >= 0.3 is 6.03 Å². The van der Waals surface area contributed by atoms with Crippen molar-refractivity contribution >= 4 is 6.03 Å². The summed E-state index contributed by atoms with van der Waals surface area (Å²) in [5, 5.41) is 15.7. The number of carbonyl (C=O) groups excluding carboxylic acids is 1. The van der Waals surface area contributed by atoms with Crippen molar-refractivity contribution in [1.29, 1.82) is 0 Å². The van der Waals surface area contributed by atoms with Crippen LogP contribution in [0.1, 0.15) is 28.3 Å². The zero-order valence-corrected chi connectivity index (χ0v) is 14.0. The van der Waals surface area contributed by atoms with E-state index in [1.165, 1.54) is 13.2 Å². The van der Waals surface area contributed by atoms with E-state index in [1.54, 1.807) is 12.1 Å². The number of ether oxygens (including phenoxy) is 1. The van der Waals surface area contributed by atoms with Gasteiger partial charge in [0.25, 0.3) is 0 Å². The minimum atomic E-state index is -0.637. The predicted molar refractivity (Wildman–Crippen MR) is 91.4 cm³/mol. The molecule has 2 aromatic carbocycles. The molecule has 0 unspecified atom stereocenters. The highest BCUT2D eigenvalue weighted by atomic mass is 19.1. The van der Waals surface area contributed by atoms with Crippen molar-refractivity contribution in [1.82, 2.24) is 10.6 Å². The molecule has 0 fully saturated rings. The Balaban J connectivity index is 1.59. The summed E-state index contributed by atoms with van der Waals surface area (Å²) >= 11 is 0. The zero-order valence-electron chi connectivity index (χ0n) is 14.0. The molecule has 5 nitrogen and oxygen atoms in total. The Bertz CT molecular complexity index is 766. The first-order valence-corrected chi connectivity index (χ1v) is 8.15. The highest BCUT2D eigenvalue weighted by molar-refractivity contribution is 5.74. The number of methoxy groups -OCH3 is 1. The van der Waals surface area contributed by atoms with Gasteiger partial charge in [-0.2, -0.15) is 0 Å². The van der Waals surface area contributed by atoms with Gasteiger partial charge in [-0.05, 0) is 28.8 Å². The van der Waals surface area contributed by atoms with Crippen LogP contribution in [0.25, 0.3) is 0 Å². The average molecular weight is 344 g/mol. The van der Waals surface area contributed by atoms with Gasteiger partial charge in [0.1, 0.15) is 5.82 Å². The summed E-state index contributed by atoms with van der Waals surface area (Å²) in [4.78, 5) is 12.2. The standard InChI is InChI=1S/C19H21FN2O3/c1-25-11-14-8-12(6-7-16(14)20)10-21-19(24)22-18-15-5-3-2-4-13(15)9-17(18)23/h2-8,17-18,23H,9-11H2,1H3,(H2,21,22,24)/t17-,18+/m0/s1. The molecule has 0 saturated carbocycles. The van der Waals surface area contributed by atoms with E-state index < -0.39 is 12.1 Å². The third-order valence-corrected chi connectivity index (χ3v) is 4.35. The fourth-order valence-electron chi connectivity index (χ4n) is 3.13. The molecule has 0 bridgehead atoms. The normalized spacial score (nSPS) is 18.7. The molecule has 2 aromatic rings. The Morgan fingerprint density at radius 1 is 1.32 bits per heavy atom. The molecule has 6 heteroatoms. The van der Waals surface area contributed by atoms with Crippen LogP contribution in [0.4, 0.5) is 9.18 Å². The van der Waals surface area contributed by atoms with Crippen LogP contribution in [-0.2, 0) is 24.3 Å². The van der Waals surface area contributed by atoms with E-state index in [4.69, 9.17) is 4.74 Å². The summed E-state index contributed by atoms with van der Waals surface area (Å²) < 4.78 is 18.6. The molecule has 2 amide bonds. The number of nitrogens with one attached hydrogen (secondary N) is 2. The molecule has 132 valence electrons. The fraction of sp³-hybridized carbons (Fsp3) is 0.316. The van der Waals surface area contributed by atoms with Crippen molar-refractivity contribution in [3.8, 4) is 0 Å². The molecule has 0 heterocycles. The maximum absolute atomic E-state index is 13.6. The molecule has 25 heavy (non-hydrogen) atoms. The second-order valence-corrected chi connectivity index (χ2v) is 6.13. The Kier molecular flexibility index (Phi) is 5.31. The van der Waals surface area contributed by atoms with Crippen molar-refractivity contribution in [2.45, 2.75) is 31.7 Å². The predicted octanol–water partition coefficient (Wildman–Crippen LogP) is 2.43.